The molecule has 154 valence electrons. The van der Waals surface area contributed by atoms with Gasteiger partial charge >= 0.3 is 5.97 Å². The van der Waals surface area contributed by atoms with E-state index < -0.39 is 10.9 Å². The Bertz CT molecular complexity index is 877. The van der Waals surface area contributed by atoms with Crippen molar-refractivity contribution in [3.8, 4) is 0 Å². The molecule has 1 aromatic heterocycles. The molecule has 0 radical (unpaired) electrons. The van der Waals surface area contributed by atoms with E-state index in [1.807, 2.05) is 17.5 Å². The molecule has 1 fully saturated rings. The summed E-state index contributed by atoms with van der Waals surface area (Å²) < 4.78 is 10.6. The van der Waals surface area contributed by atoms with Crippen LogP contribution in [0.25, 0.3) is 0 Å². The Balaban J connectivity index is 1.92. The largest absolute Gasteiger partial charge is 0.462 e. The van der Waals surface area contributed by atoms with Crippen LogP contribution in [0.5, 0.6) is 0 Å². The number of carbonyl (C=O) groups excluding carboxylic acids is 2. The van der Waals surface area contributed by atoms with Gasteiger partial charge < -0.3 is 14.4 Å². The lowest BCUT2D eigenvalue weighted by atomic mass is 10.1. The van der Waals surface area contributed by atoms with Gasteiger partial charge in [0, 0.05) is 35.7 Å². The third-order valence-corrected chi connectivity index (χ3v) is 5.41. The first kappa shape index (κ1) is 20.9. The smallest absolute Gasteiger partial charge is 0.338 e. The number of benzene rings is 1. The Morgan fingerprint density at radius 3 is 2.76 bits per heavy atom. The van der Waals surface area contributed by atoms with E-state index in [0.29, 0.717) is 19.7 Å². The summed E-state index contributed by atoms with van der Waals surface area (Å²) in [5.74, 6) is -1.09. The summed E-state index contributed by atoms with van der Waals surface area (Å²) in [6.45, 7) is 3.19. The van der Waals surface area contributed by atoms with Crippen molar-refractivity contribution in [2.45, 2.75) is 32.4 Å². The average Bonchev–Trinajstić information content (AvgIpc) is 3.41. The number of non-ortho nitro benzene ring substituents is 1. The molecule has 3 rings (SSSR count). The molecule has 1 aliphatic heterocycles. The number of hydrogen-bond donors (Lipinski definition) is 0. The van der Waals surface area contributed by atoms with E-state index in [1.54, 1.807) is 11.8 Å². The maximum atomic E-state index is 13.3. The third kappa shape index (κ3) is 5.39. The second-order valence-electron chi connectivity index (χ2n) is 6.65. The number of carbonyl (C=O) groups is 2. The molecule has 1 aliphatic rings. The van der Waals surface area contributed by atoms with Gasteiger partial charge in [-0.25, -0.2) is 4.79 Å². The number of nitro benzene ring substituents is 1. The van der Waals surface area contributed by atoms with Gasteiger partial charge in [0.1, 0.15) is 0 Å². The maximum Gasteiger partial charge on any atom is 0.338 e. The Morgan fingerprint density at radius 1 is 1.34 bits per heavy atom. The zero-order valence-electron chi connectivity index (χ0n) is 16.0. The summed E-state index contributed by atoms with van der Waals surface area (Å²) in [4.78, 5) is 38.7. The maximum absolute atomic E-state index is 13.3. The quantitative estimate of drug-likeness (QED) is 0.369. The highest BCUT2D eigenvalue weighted by Gasteiger charge is 2.26. The molecule has 29 heavy (non-hydrogen) atoms. The van der Waals surface area contributed by atoms with Crippen molar-refractivity contribution in [2.24, 2.45) is 0 Å². The zero-order chi connectivity index (χ0) is 20.8. The second-order valence-corrected chi connectivity index (χ2v) is 7.68. The lowest BCUT2D eigenvalue weighted by molar-refractivity contribution is -0.384. The summed E-state index contributed by atoms with van der Waals surface area (Å²) in [5.41, 5.74) is -0.263. The molecule has 1 amide bonds. The molecule has 8 nitrogen and oxygen atoms in total. The summed E-state index contributed by atoms with van der Waals surface area (Å²) in [6.07, 6.45) is 1.73. The Kier molecular flexibility index (Phi) is 6.95. The molecule has 0 saturated carbocycles. The molecule has 0 spiro atoms. The third-order valence-electron chi connectivity index (χ3n) is 4.55. The van der Waals surface area contributed by atoms with Crippen LogP contribution < -0.4 is 0 Å². The molecule has 1 saturated heterocycles. The number of nitrogens with zero attached hydrogens (tertiary/aromatic N) is 2. The summed E-state index contributed by atoms with van der Waals surface area (Å²) >= 11 is 1.53. The fourth-order valence-electron chi connectivity index (χ4n) is 3.20. The molecule has 1 aromatic carbocycles. The molecular weight excluding hydrogens is 396 g/mol. The van der Waals surface area contributed by atoms with Crippen LogP contribution in [0.2, 0.25) is 0 Å². The highest BCUT2D eigenvalue weighted by atomic mass is 32.1. The minimum Gasteiger partial charge on any atom is -0.462 e. The summed E-state index contributed by atoms with van der Waals surface area (Å²) in [6, 6.07) is 7.50. The standard InChI is InChI=1S/C20H22N2O6S/c1-2-27-20(24)15-9-14(10-16(11-15)22(25)26)19(23)21(12-17-5-3-7-28-17)13-18-6-4-8-29-18/h4,6,8-11,17H,2-3,5,7,12-13H2,1H3. The van der Waals surface area contributed by atoms with E-state index in [-0.39, 0.29) is 35.4 Å². The molecule has 9 heteroatoms. The predicted octanol–water partition coefficient (Wildman–Crippen LogP) is 3.65. The lowest BCUT2D eigenvalue weighted by Crippen LogP contribution is -2.36. The lowest BCUT2D eigenvalue weighted by Gasteiger charge is -2.25. The first-order chi connectivity index (χ1) is 14.0. The highest BCUT2D eigenvalue weighted by Crippen LogP contribution is 2.23. The molecular formula is C20H22N2O6S. The van der Waals surface area contributed by atoms with Gasteiger partial charge in [0.25, 0.3) is 11.6 Å². The van der Waals surface area contributed by atoms with E-state index in [0.717, 1.165) is 23.8 Å². The molecule has 0 aliphatic carbocycles. The number of thiophene rings is 1. The van der Waals surface area contributed by atoms with Crippen LogP contribution in [-0.4, -0.2) is 47.6 Å². The number of nitro groups is 1. The molecule has 2 heterocycles. The van der Waals surface area contributed by atoms with Gasteiger partial charge in [0.05, 0.1) is 29.7 Å². The number of amides is 1. The Morgan fingerprint density at radius 2 is 2.14 bits per heavy atom. The van der Waals surface area contributed by atoms with Crippen molar-refractivity contribution in [1.82, 2.24) is 4.90 Å². The van der Waals surface area contributed by atoms with E-state index in [2.05, 4.69) is 0 Å². The number of esters is 1. The predicted molar refractivity (Wildman–Crippen MR) is 107 cm³/mol. The molecule has 0 bridgehead atoms. The van der Waals surface area contributed by atoms with Crippen LogP contribution in [0.4, 0.5) is 5.69 Å². The van der Waals surface area contributed by atoms with Crippen LogP contribution in [0.3, 0.4) is 0 Å². The van der Waals surface area contributed by atoms with Crippen molar-refractivity contribution in [3.63, 3.8) is 0 Å². The Hall–Kier alpha value is -2.78. The van der Waals surface area contributed by atoms with Crippen LogP contribution in [-0.2, 0) is 16.0 Å². The van der Waals surface area contributed by atoms with Crippen LogP contribution in [0, 0.1) is 10.1 Å². The Labute approximate surface area is 172 Å². The second kappa shape index (κ2) is 9.62. The van der Waals surface area contributed by atoms with Crippen LogP contribution in [0.15, 0.2) is 35.7 Å². The van der Waals surface area contributed by atoms with E-state index >= 15 is 0 Å². The number of ether oxygens (including phenoxy) is 2. The highest BCUT2D eigenvalue weighted by molar-refractivity contribution is 7.09. The summed E-state index contributed by atoms with van der Waals surface area (Å²) in [7, 11) is 0. The number of rotatable bonds is 8. The van der Waals surface area contributed by atoms with Gasteiger partial charge in [0.15, 0.2) is 0 Å². The first-order valence-electron chi connectivity index (χ1n) is 9.37. The van der Waals surface area contributed by atoms with Crippen molar-refractivity contribution < 1.29 is 24.0 Å². The van der Waals surface area contributed by atoms with Crippen molar-refractivity contribution in [1.29, 1.82) is 0 Å². The van der Waals surface area contributed by atoms with Gasteiger partial charge in [-0.1, -0.05) is 6.07 Å². The molecule has 2 aromatic rings. The zero-order valence-corrected chi connectivity index (χ0v) is 16.9. The van der Waals surface area contributed by atoms with Crippen LogP contribution in [0.1, 0.15) is 45.4 Å². The molecule has 0 N–H and O–H groups in total. The number of hydrogen-bond acceptors (Lipinski definition) is 7. The van der Waals surface area contributed by atoms with Gasteiger partial charge in [-0.2, -0.15) is 0 Å². The van der Waals surface area contributed by atoms with Gasteiger partial charge in [-0.05, 0) is 37.3 Å². The van der Waals surface area contributed by atoms with E-state index in [4.69, 9.17) is 9.47 Å². The SMILES string of the molecule is CCOC(=O)c1cc(C(=O)N(Cc2cccs2)CC2CCCO2)cc([N+](=O)[O-])c1. The summed E-state index contributed by atoms with van der Waals surface area (Å²) in [5, 5.41) is 13.3. The van der Waals surface area contributed by atoms with E-state index in [9.17, 15) is 19.7 Å². The fourth-order valence-corrected chi connectivity index (χ4v) is 3.92. The fraction of sp³-hybridized carbons (Fsp3) is 0.400. The van der Waals surface area contributed by atoms with Gasteiger partial charge in [-0.15, -0.1) is 11.3 Å². The minimum atomic E-state index is -0.700. The van der Waals surface area contributed by atoms with Gasteiger partial charge in [0.2, 0.25) is 0 Å². The molecule has 1 atom stereocenters. The van der Waals surface area contributed by atoms with E-state index in [1.165, 1.54) is 23.5 Å². The molecule has 1 unspecified atom stereocenters. The average molecular weight is 418 g/mol. The van der Waals surface area contributed by atoms with Gasteiger partial charge in [-0.3, -0.25) is 14.9 Å². The monoisotopic (exact) mass is 418 g/mol. The van der Waals surface area contributed by atoms with Crippen LogP contribution >= 0.6 is 11.3 Å². The topological polar surface area (TPSA) is 99.0 Å². The van der Waals surface area contributed by atoms with Crippen molar-refractivity contribution in [3.05, 3.63) is 61.8 Å². The minimum absolute atomic E-state index is 0.0161. The van der Waals surface area contributed by atoms with Crippen molar-refractivity contribution in [2.75, 3.05) is 19.8 Å². The first-order valence-corrected chi connectivity index (χ1v) is 10.3. The normalized spacial score (nSPS) is 15.8. The van der Waals surface area contributed by atoms with Crippen molar-refractivity contribution >= 4 is 28.9 Å².